The molecule has 2 aliphatic heterocycles. The molecule has 34 heavy (non-hydrogen) atoms. The van der Waals surface area contributed by atoms with E-state index in [4.69, 9.17) is 19.6 Å². The van der Waals surface area contributed by atoms with Gasteiger partial charge in [-0.2, -0.15) is 5.10 Å². The predicted octanol–water partition coefficient (Wildman–Crippen LogP) is 4.21. The lowest BCUT2D eigenvalue weighted by atomic mass is 9.90. The van der Waals surface area contributed by atoms with E-state index in [9.17, 15) is 4.79 Å². The minimum atomic E-state index is -0.171. The Kier molecular flexibility index (Phi) is 6.73. The zero-order chi connectivity index (χ0) is 23.7. The molecule has 2 saturated heterocycles. The van der Waals surface area contributed by atoms with E-state index in [1.807, 2.05) is 11.6 Å². The van der Waals surface area contributed by atoms with Crippen molar-refractivity contribution in [2.24, 2.45) is 11.8 Å². The van der Waals surface area contributed by atoms with E-state index in [0.29, 0.717) is 24.8 Å². The molecule has 2 fully saturated rings. The Morgan fingerprint density at radius 2 is 2.06 bits per heavy atom. The van der Waals surface area contributed by atoms with Crippen molar-refractivity contribution in [3.05, 3.63) is 41.2 Å². The quantitative estimate of drug-likeness (QED) is 0.668. The van der Waals surface area contributed by atoms with Crippen LogP contribution in [0.25, 0.3) is 16.1 Å². The zero-order valence-corrected chi connectivity index (χ0v) is 21.1. The third-order valence-electron chi connectivity index (χ3n) is 6.77. The lowest BCUT2D eigenvalue weighted by Crippen LogP contribution is -2.33. The van der Waals surface area contributed by atoms with E-state index >= 15 is 0 Å². The number of carbonyl (C=O) groups is 1. The van der Waals surface area contributed by atoms with E-state index in [1.165, 1.54) is 5.57 Å². The summed E-state index contributed by atoms with van der Waals surface area (Å²) in [7, 11) is 0. The minimum absolute atomic E-state index is 0.0270. The molecular weight excluding hydrogens is 448 g/mol. The lowest BCUT2D eigenvalue weighted by Gasteiger charge is -2.25. The number of hydrogen-bond acceptors (Lipinski definition) is 6. The second kappa shape index (κ2) is 9.76. The Morgan fingerprint density at radius 3 is 2.85 bits per heavy atom. The number of nitrogens with zero attached hydrogens (tertiary/aromatic N) is 3. The van der Waals surface area contributed by atoms with Gasteiger partial charge in [0.25, 0.3) is 0 Å². The number of aromatic nitrogens is 3. The lowest BCUT2D eigenvalue weighted by molar-refractivity contribution is -0.120. The molecule has 7 nitrogen and oxygen atoms in total. The standard InChI is InChI=1S/C26H34N4O3S/c1-26(2,3)30-24(19-4-5-22-18(12-19)8-11-33-22)21(15-28-30)25-29-20(16-34-25)13-23(31)27-14-17-6-9-32-10-7-17/h4-5,12,15-18,22H,6-11,13-14H2,1-3H3,(H,27,31). The zero-order valence-electron chi connectivity index (χ0n) is 20.3. The topological polar surface area (TPSA) is 78.3 Å². The van der Waals surface area contributed by atoms with Crippen molar-refractivity contribution < 1.29 is 14.3 Å². The van der Waals surface area contributed by atoms with E-state index < -0.39 is 0 Å². The molecule has 0 bridgehead atoms. The van der Waals surface area contributed by atoms with Crippen LogP contribution in [0.2, 0.25) is 0 Å². The average molecular weight is 483 g/mol. The molecule has 1 amide bonds. The second-order valence-electron chi connectivity index (χ2n) is 10.4. The Balaban J connectivity index is 1.35. The highest BCUT2D eigenvalue weighted by Gasteiger charge is 2.31. The monoisotopic (exact) mass is 482 g/mol. The molecule has 8 heteroatoms. The van der Waals surface area contributed by atoms with Crippen molar-refractivity contribution in [2.75, 3.05) is 26.4 Å². The molecule has 2 aromatic heterocycles. The molecule has 0 radical (unpaired) electrons. The smallest absolute Gasteiger partial charge is 0.226 e. The molecule has 0 saturated carbocycles. The maximum absolute atomic E-state index is 12.5. The van der Waals surface area contributed by atoms with Crippen molar-refractivity contribution in [2.45, 2.75) is 58.1 Å². The fourth-order valence-corrected chi connectivity index (χ4v) is 5.72. The molecule has 2 unspecified atom stereocenters. The van der Waals surface area contributed by atoms with Crippen LogP contribution >= 0.6 is 11.3 Å². The fraction of sp³-hybridized carbons (Fsp3) is 0.577. The molecular formula is C26H34N4O3S. The number of carbonyl (C=O) groups excluding carboxylic acids is 1. The van der Waals surface area contributed by atoms with Crippen molar-refractivity contribution in [3.8, 4) is 10.6 Å². The van der Waals surface area contributed by atoms with Gasteiger partial charge >= 0.3 is 0 Å². The molecule has 2 atom stereocenters. The van der Waals surface area contributed by atoms with Crippen LogP contribution in [0.15, 0.2) is 29.8 Å². The van der Waals surface area contributed by atoms with Crippen molar-refractivity contribution in [3.63, 3.8) is 0 Å². The number of hydrogen-bond donors (Lipinski definition) is 1. The highest BCUT2D eigenvalue weighted by molar-refractivity contribution is 7.13. The summed E-state index contributed by atoms with van der Waals surface area (Å²) in [5.74, 6) is 0.942. The third kappa shape index (κ3) is 5.04. The summed E-state index contributed by atoms with van der Waals surface area (Å²) in [6.45, 7) is 9.60. The first-order valence-electron chi connectivity index (χ1n) is 12.3. The molecule has 182 valence electrons. The first-order valence-corrected chi connectivity index (χ1v) is 13.2. The number of nitrogens with one attached hydrogen (secondary N) is 1. The molecule has 0 spiro atoms. The van der Waals surface area contributed by atoms with Gasteiger partial charge in [0, 0.05) is 37.7 Å². The number of rotatable bonds is 6. The molecule has 4 heterocycles. The van der Waals surface area contributed by atoms with Crippen LogP contribution in [0.5, 0.6) is 0 Å². The van der Waals surface area contributed by atoms with Crippen molar-refractivity contribution in [1.82, 2.24) is 20.1 Å². The Morgan fingerprint density at radius 1 is 1.24 bits per heavy atom. The van der Waals surface area contributed by atoms with Crippen LogP contribution in [0.4, 0.5) is 0 Å². The molecule has 0 aromatic carbocycles. The molecule has 1 aliphatic carbocycles. The number of allylic oxidation sites excluding steroid dienone is 2. The summed E-state index contributed by atoms with van der Waals surface area (Å²) in [5, 5.41) is 10.7. The average Bonchev–Trinajstić information content (AvgIpc) is 3.56. The van der Waals surface area contributed by atoms with Gasteiger partial charge in [-0.25, -0.2) is 4.98 Å². The van der Waals surface area contributed by atoms with Gasteiger partial charge in [-0.1, -0.05) is 18.2 Å². The second-order valence-corrected chi connectivity index (χ2v) is 11.3. The summed E-state index contributed by atoms with van der Waals surface area (Å²) in [6, 6.07) is 0. The van der Waals surface area contributed by atoms with Crippen LogP contribution in [0, 0.1) is 11.8 Å². The van der Waals surface area contributed by atoms with Gasteiger partial charge in [-0.15, -0.1) is 11.3 Å². The molecule has 1 N–H and O–H groups in total. The first kappa shape index (κ1) is 23.5. The Bertz CT molecular complexity index is 1090. The summed E-state index contributed by atoms with van der Waals surface area (Å²) < 4.78 is 13.3. The van der Waals surface area contributed by atoms with Gasteiger partial charge in [0.2, 0.25) is 5.91 Å². The highest BCUT2D eigenvalue weighted by Crippen LogP contribution is 2.39. The summed E-state index contributed by atoms with van der Waals surface area (Å²) in [6.07, 6.45) is 12.1. The van der Waals surface area contributed by atoms with Crippen LogP contribution in [0.1, 0.15) is 51.4 Å². The predicted molar refractivity (Wildman–Crippen MR) is 134 cm³/mol. The normalized spacial score (nSPS) is 23.1. The van der Waals surface area contributed by atoms with Gasteiger partial charge in [-0.3, -0.25) is 9.48 Å². The van der Waals surface area contributed by atoms with Gasteiger partial charge in [0.05, 0.1) is 41.2 Å². The highest BCUT2D eigenvalue weighted by atomic mass is 32.1. The number of thiazole rings is 1. The third-order valence-corrected chi connectivity index (χ3v) is 7.70. The van der Waals surface area contributed by atoms with Crippen LogP contribution in [0.3, 0.4) is 0 Å². The van der Waals surface area contributed by atoms with Crippen LogP contribution < -0.4 is 5.32 Å². The fourth-order valence-electron chi connectivity index (χ4n) is 4.89. The molecule has 5 rings (SSSR count). The van der Waals surface area contributed by atoms with Gasteiger partial charge in [0.1, 0.15) is 5.01 Å². The SMILES string of the molecule is CC(C)(C)n1ncc(-c2nc(CC(=O)NCC3CCOCC3)cs2)c1C1=CC2CCOC2C=C1. The van der Waals surface area contributed by atoms with Gasteiger partial charge < -0.3 is 14.8 Å². The van der Waals surface area contributed by atoms with Crippen LogP contribution in [-0.2, 0) is 26.2 Å². The summed E-state index contributed by atoms with van der Waals surface area (Å²) in [5.41, 5.74) is 3.90. The van der Waals surface area contributed by atoms with E-state index in [1.54, 1.807) is 11.3 Å². The van der Waals surface area contributed by atoms with Crippen LogP contribution in [-0.4, -0.2) is 53.1 Å². The van der Waals surface area contributed by atoms with Gasteiger partial charge in [-0.05, 0) is 51.5 Å². The molecule has 2 aromatic rings. The molecule has 3 aliphatic rings. The van der Waals surface area contributed by atoms with E-state index in [2.05, 4.69) is 49.0 Å². The Hall–Kier alpha value is -2.29. The maximum Gasteiger partial charge on any atom is 0.226 e. The Labute approximate surface area is 205 Å². The maximum atomic E-state index is 12.5. The first-order chi connectivity index (χ1) is 16.4. The number of ether oxygens (including phenoxy) is 2. The number of amides is 1. The van der Waals surface area contributed by atoms with Crippen molar-refractivity contribution >= 4 is 22.8 Å². The van der Waals surface area contributed by atoms with Gasteiger partial charge in [0.15, 0.2) is 0 Å². The summed E-state index contributed by atoms with van der Waals surface area (Å²) >= 11 is 1.58. The largest absolute Gasteiger partial charge is 0.381 e. The van der Waals surface area contributed by atoms with Crippen molar-refractivity contribution in [1.29, 1.82) is 0 Å². The number of fused-ring (bicyclic) bond motifs is 1. The minimum Gasteiger partial charge on any atom is -0.381 e. The van der Waals surface area contributed by atoms with E-state index in [0.717, 1.165) is 61.0 Å². The summed E-state index contributed by atoms with van der Waals surface area (Å²) in [4.78, 5) is 17.4. The van der Waals surface area contributed by atoms with E-state index in [-0.39, 0.29) is 17.6 Å².